The van der Waals surface area contributed by atoms with E-state index in [0.29, 0.717) is 0 Å². The Morgan fingerprint density at radius 3 is 3.00 bits per heavy atom. The largest absolute Gasteiger partial charge is 0.327 e. The van der Waals surface area contributed by atoms with Crippen molar-refractivity contribution in [3.63, 3.8) is 0 Å². The van der Waals surface area contributed by atoms with Crippen LogP contribution in [0.3, 0.4) is 0 Å². The van der Waals surface area contributed by atoms with Crippen LogP contribution in [0.4, 0.5) is 0 Å². The lowest BCUT2D eigenvalue weighted by molar-refractivity contribution is 0.128. The highest BCUT2D eigenvalue weighted by atomic mass is 79.9. The summed E-state index contributed by atoms with van der Waals surface area (Å²) in [5, 5.41) is 1.14. The van der Waals surface area contributed by atoms with Crippen LogP contribution in [0.2, 0.25) is 0 Å². The molecule has 2 aromatic heterocycles. The van der Waals surface area contributed by atoms with Crippen molar-refractivity contribution in [1.29, 1.82) is 0 Å². The number of pyridine rings is 1. The van der Waals surface area contributed by atoms with Crippen molar-refractivity contribution < 1.29 is 4.84 Å². The Bertz CT molecular complexity index is 872. The molecule has 0 bridgehead atoms. The molecule has 0 aliphatic carbocycles. The molecule has 0 amide bonds. The standard InChI is InChI=1S/C18H21BrN4O/c1-3-6-17-22-16-12-20-15-11-13(19)7-8-14(15)18(16)23(17)10-5-4-9-21-24-2/h4,7-9,11-12,21H,3,5-6,10H2,1-2H3. The van der Waals surface area contributed by atoms with Gasteiger partial charge in [0.25, 0.3) is 0 Å². The lowest BCUT2D eigenvalue weighted by Gasteiger charge is -2.09. The predicted octanol–water partition coefficient (Wildman–Crippen LogP) is 4.35. The summed E-state index contributed by atoms with van der Waals surface area (Å²) < 4.78 is 3.36. The van der Waals surface area contributed by atoms with Crippen LogP contribution in [0.5, 0.6) is 0 Å². The minimum absolute atomic E-state index is 0.878. The van der Waals surface area contributed by atoms with E-state index in [0.717, 1.165) is 52.5 Å². The molecule has 0 saturated carbocycles. The van der Waals surface area contributed by atoms with Gasteiger partial charge in [0, 0.05) is 29.0 Å². The average Bonchev–Trinajstić information content (AvgIpc) is 2.92. The SMILES string of the molecule is CCCc1nc2cnc3cc(Br)ccc3c2n1CCC=CNOC. The highest BCUT2D eigenvalue weighted by molar-refractivity contribution is 9.10. The van der Waals surface area contributed by atoms with Gasteiger partial charge in [0.05, 0.1) is 24.3 Å². The van der Waals surface area contributed by atoms with Crippen LogP contribution < -0.4 is 5.48 Å². The Morgan fingerprint density at radius 2 is 2.21 bits per heavy atom. The van der Waals surface area contributed by atoms with E-state index in [9.17, 15) is 0 Å². The quantitative estimate of drug-likeness (QED) is 0.611. The number of hydrogen-bond acceptors (Lipinski definition) is 4. The molecule has 0 saturated heterocycles. The van der Waals surface area contributed by atoms with Crippen LogP contribution in [0, 0.1) is 0 Å². The number of fused-ring (bicyclic) bond motifs is 3. The summed E-state index contributed by atoms with van der Waals surface area (Å²) in [6, 6.07) is 6.22. The van der Waals surface area contributed by atoms with Gasteiger partial charge in [-0.05, 0) is 31.0 Å². The second-order valence-corrected chi connectivity index (χ2v) is 6.51. The number of benzene rings is 1. The second kappa shape index (κ2) is 7.77. The lowest BCUT2D eigenvalue weighted by atomic mass is 10.2. The zero-order chi connectivity index (χ0) is 16.9. The molecule has 5 nitrogen and oxygen atoms in total. The summed E-state index contributed by atoms with van der Waals surface area (Å²) >= 11 is 3.52. The van der Waals surface area contributed by atoms with Crippen molar-refractivity contribution in [2.45, 2.75) is 32.7 Å². The predicted molar refractivity (Wildman–Crippen MR) is 101 cm³/mol. The Hall–Kier alpha value is -1.92. The fourth-order valence-electron chi connectivity index (χ4n) is 2.89. The van der Waals surface area contributed by atoms with E-state index in [1.165, 1.54) is 5.52 Å². The Balaban J connectivity index is 2.06. The van der Waals surface area contributed by atoms with Crippen molar-refractivity contribution in [2.24, 2.45) is 0 Å². The number of allylic oxidation sites excluding steroid dienone is 1. The average molecular weight is 389 g/mol. The molecule has 1 aromatic carbocycles. The first kappa shape index (κ1) is 16.9. The van der Waals surface area contributed by atoms with Crippen molar-refractivity contribution >= 4 is 37.9 Å². The summed E-state index contributed by atoms with van der Waals surface area (Å²) in [5.74, 6) is 1.12. The minimum Gasteiger partial charge on any atom is -0.327 e. The van der Waals surface area contributed by atoms with E-state index in [-0.39, 0.29) is 0 Å². The van der Waals surface area contributed by atoms with Crippen molar-refractivity contribution in [3.05, 3.63) is 47.0 Å². The van der Waals surface area contributed by atoms with Crippen molar-refractivity contribution in [3.8, 4) is 0 Å². The maximum atomic E-state index is 4.81. The van der Waals surface area contributed by atoms with Crippen LogP contribution in [-0.2, 0) is 17.8 Å². The van der Waals surface area contributed by atoms with Gasteiger partial charge < -0.3 is 4.57 Å². The zero-order valence-corrected chi connectivity index (χ0v) is 15.5. The van der Waals surface area contributed by atoms with Crippen molar-refractivity contribution in [1.82, 2.24) is 20.0 Å². The van der Waals surface area contributed by atoms with Gasteiger partial charge >= 0.3 is 0 Å². The van der Waals surface area contributed by atoms with Crippen LogP contribution >= 0.6 is 15.9 Å². The molecule has 1 N–H and O–H groups in total. The normalized spacial score (nSPS) is 11.8. The molecule has 0 radical (unpaired) electrons. The van der Waals surface area contributed by atoms with Gasteiger partial charge in [0.2, 0.25) is 0 Å². The van der Waals surface area contributed by atoms with Gasteiger partial charge in [-0.25, -0.2) is 4.98 Å². The molecule has 3 aromatic rings. The van der Waals surface area contributed by atoms with Crippen LogP contribution in [0.15, 0.2) is 41.1 Å². The number of nitrogens with one attached hydrogen (secondary N) is 1. The molecule has 0 fully saturated rings. The van der Waals surface area contributed by atoms with E-state index in [4.69, 9.17) is 9.82 Å². The second-order valence-electron chi connectivity index (χ2n) is 5.60. The van der Waals surface area contributed by atoms with Crippen LogP contribution in [0.1, 0.15) is 25.6 Å². The van der Waals surface area contributed by atoms with Gasteiger partial charge in [-0.1, -0.05) is 28.9 Å². The fraction of sp³-hybridized carbons (Fsp3) is 0.333. The van der Waals surface area contributed by atoms with Gasteiger partial charge in [-0.3, -0.25) is 15.3 Å². The molecule has 6 heteroatoms. The number of halogens is 1. The summed E-state index contributed by atoms with van der Waals surface area (Å²) in [6.07, 6.45) is 8.69. The number of rotatable bonds is 7. The molecule has 0 atom stereocenters. The molecule has 0 aliphatic rings. The van der Waals surface area contributed by atoms with Gasteiger partial charge in [-0.2, -0.15) is 0 Å². The summed E-state index contributed by atoms with van der Waals surface area (Å²) in [4.78, 5) is 14.2. The lowest BCUT2D eigenvalue weighted by Crippen LogP contribution is -2.05. The highest BCUT2D eigenvalue weighted by Gasteiger charge is 2.13. The third-order valence-corrected chi connectivity index (χ3v) is 4.40. The smallest absolute Gasteiger partial charge is 0.109 e. The van der Waals surface area contributed by atoms with Crippen LogP contribution in [0.25, 0.3) is 21.9 Å². The fourth-order valence-corrected chi connectivity index (χ4v) is 3.24. The molecular weight excluding hydrogens is 368 g/mol. The third-order valence-electron chi connectivity index (χ3n) is 3.91. The van der Waals surface area contributed by atoms with Crippen molar-refractivity contribution in [2.75, 3.05) is 7.11 Å². The first-order valence-electron chi connectivity index (χ1n) is 8.11. The van der Waals surface area contributed by atoms with E-state index in [2.05, 4.69) is 56.1 Å². The van der Waals surface area contributed by atoms with Gasteiger partial charge in [0.1, 0.15) is 11.3 Å². The highest BCUT2D eigenvalue weighted by Crippen LogP contribution is 2.27. The monoisotopic (exact) mass is 388 g/mol. The molecule has 126 valence electrons. The first-order chi connectivity index (χ1) is 11.7. The summed E-state index contributed by atoms with van der Waals surface area (Å²) in [7, 11) is 1.60. The summed E-state index contributed by atoms with van der Waals surface area (Å²) in [5.41, 5.74) is 5.84. The molecular formula is C18H21BrN4O. The molecule has 2 heterocycles. The van der Waals surface area contributed by atoms with Gasteiger partial charge in [-0.15, -0.1) is 0 Å². The third kappa shape index (κ3) is 3.44. The number of hydroxylamine groups is 1. The van der Waals surface area contributed by atoms with Crippen LogP contribution in [-0.4, -0.2) is 21.6 Å². The molecule has 0 unspecified atom stereocenters. The number of aromatic nitrogens is 3. The van der Waals surface area contributed by atoms with E-state index in [1.54, 1.807) is 7.11 Å². The zero-order valence-electron chi connectivity index (χ0n) is 13.9. The molecule has 0 spiro atoms. The van der Waals surface area contributed by atoms with E-state index >= 15 is 0 Å². The summed E-state index contributed by atoms with van der Waals surface area (Å²) in [6.45, 7) is 3.06. The number of imidazole rings is 1. The first-order valence-corrected chi connectivity index (χ1v) is 8.90. The number of hydrogen-bond donors (Lipinski definition) is 1. The maximum absolute atomic E-state index is 4.81. The molecule has 0 aliphatic heterocycles. The minimum atomic E-state index is 0.878. The van der Waals surface area contributed by atoms with Gasteiger partial charge in [0.15, 0.2) is 0 Å². The number of nitrogens with zero attached hydrogens (tertiary/aromatic N) is 3. The molecule has 24 heavy (non-hydrogen) atoms. The Labute approximate surface area is 149 Å². The number of aryl methyl sites for hydroxylation is 2. The Kier molecular flexibility index (Phi) is 5.48. The topological polar surface area (TPSA) is 52.0 Å². The molecule has 3 rings (SSSR count). The maximum Gasteiger partial charge on any atom is 0.109 e. The van der Waals surface area contributed by atoms with E-state index in [1.807, 2.05) is 18.5 Å². The van der Waals surface area contributed by atoms with E-state index < -0.39 is 0 Å². The Morgan fingerprint density at radius 1 is 1.33 bits per heavy atom.